The molecule has 0 amide bonds. The molecule has 0 aliphatic rings. The topological polar surface area (TPSA) is 37.8 Å². The van der Waals surface area contributed by atoms with Gasteiger partial charge in [-0.3, -0.25) is 0 Å². The number of hydrogen-bond acceptors (Lipinski definition) is 3. The highest BCUT2D eigenvalue weighted by Crippen LogP contribution is 2.08. The van der Waals surface area contributed by atoms with Crippen LogP contribution in [0.5, 0.6) is 0 Å². The predicted molar refractivity (Wildman–Crippen MR) is 67.0 cm³/mol. The zero-order valence-electron chi connectivity index (χ0n) is 10.6. The van der Waals surface area contributed by atoms with Gasteiger partial charge in [0.15, 0.2) is 0 Å². The summed E-state index contributed by atoms with van der Waals surface area (Å²) in [5, 5.41) is 3.45. The minimum absolute atomic E-state index is 0.544. The molecule has 16 heavy (non-hydrogen) atoms. The predicted octanol–water partition coefficient (Wildman–Crippen LogP) is 2.78. The van der Waals surface area contributed by atoms with Gasteiger partial charge in [0.1, 0.15) is 5.82 Å². The normalized spacial score (nSPS) is 13.0. The van der Waals surface area contributed by atoms with E-state index in [-0.39, 0.29) is 0 Å². The van der Waals surface area contributed by atoms with E-state index in [2.05, 4.69) is 36.1 Å². The summed E-state index contributed by atoms with van der Waals surface area (Å²) in [6.45, 7) is 7.54. The maximum absolute atomic E-state index is 4.19. The summed E-state index contributed by atoms with van der Waals surface area (Å²) >= 11 is 0. The van der Waals surface area contributed by atoms with Gasteiger partial charge >= 0.3 is 0 Å². The van der Waals surface area contributed by atoms with Gasteiger partial charge in [0.25, 0.3) is 0 Å². The van der Waals surface area contributed by atoms with Crippen molar-refractivity contribution in [1.29, 1.82) is 0 Å². The smallest absolute Gasteiger partial charge is 0.141 e. The Morgan fingerprint density at radius 3 is 2.44 bits per heavy atom. The Hall–Kier alpha value is -0.960. The lowest BCUT2D eigenvalue weighted by Gasteiger charge is -2.13. The fourth-order valence-electron chi connectivity index (χ4n) is 1.62. The summed E-state index contributed by atoms with van der Waals surface area (Å²) in [6, 6.07) is 2.39. The van der Waals surface area contributed by atoms with Gasteiger partial charge in [-0.15, -0.1) is 0 Å². The van der Waals surface area contributed by atoms with Gasteiger partial charge in [0.05, 0.1) is 6.54 Å². The fourth-order valence-corrected chi connectivity index (χ4v) is 1.62. The maximum atomic E-state index is 4.19. The van der Waals surface area contributed by atoms with Crippen molar-refractivity contribution >= 4 is 0 Å². The fraction of sp³-hybridized carbons (Fsp3) is 0.692. The lowest BCUT2D eigenvalue weighted by molar-refractivity contribution is 0.453. The summed E-state index contributed by atoms with van der Waals surface area (Å²) in [5.74, 6) is 1.68. The lowest BCUT2D eigenvalue weighted by atomic mass is 10.0. The number of rotatable bonds is 7. The molecule has 1 N–H and O–H groups in total. The summed E-state index contributed by atoms with van der Waals surface area (Å²) in [5.41, 5.74) is 0. The molecule has 0 saturated carbocycles. The molecule has 1 heterocycles. The summed E-state index contributed by atoms with van der Waals surface area (Å²) in [4.78, 5) is 8.37. The highest BCUT2D eigenvalue weighted by Gasteiger charge is 2.03. The highest BCUT2D eigenvalue weighted by molar-refractivity contribution is 4.88. The zero-order valence-corrected chi connectivity index (χ0v) is 10.6. The molecule has 3 heteroatoms. The molecule has 1 aromatic heterocycles. The minimum Gasteiger partial charge on any atom is -0.307 e. The standard InChI is InChI=1S/C13H23N3/c1-11(2)6-4-7-12(3)16-10-13-14-8-5-9-15-13/h5,8-9,11-12,16H,4,6-7,10H2,1-3H3. The first-order chi connectivity index (χ1) is 7.68. The number of hydrogen-bond donors (Lipinski definition) is 1. The Balaban J connectivity index is 2.13. The molecule has 0 fully saturated rings. The zero-order chi connectivity index (χ0) is 11.8. The Morgan fingerprint density at radius 2 is 1.81 bits per heavy atom. The monoisotopic (exact) mass is 221 g/mol. The van der Waals surface area contributed by atoms with Crippen molar-refractivity contribution in [2.24, 2.45) is 5.92 Å². The molecular weight excluding hydrogens is 198 g/mol. The first-order valence-electron chi connectivity index (χ1n) is 6.17. The van der Waals surface area contributed by atoms with Crippen molar-refractivity contribution in [3.8, 4) is 0 Å². The Labute approximate surface area is 98.7 Å². The van der Waals surface area contributed by atoms with Crippen LogP contribution in [0, 0.1) is 5.92 Å². The van der Waals surface area contributed by atoms with Gasteiger partial charge in [-0.05, 0) is 25.3 Å². The summed E-state index contributed by atoms with van der Waals surface area (Å²) in [7, 11) is 0. The van der Waals surface area contributed by atoms with E-state index in [0.717, 1.165) is 18.3 Å². The van der Waals surface area contributed by atoms with E-state index in [0.29, 0.717) is 6.04 Å². The minimum atomic E-state index is 0.544. The van der Waals surface area contributed by atoms with Gasteiger partial charge in [0, 0.05) is 18.4 Å². The lowest BCUT2D eigenvalue weighted by Crippen LogP contribution is -2.26. The Morgan fingerprint density at radius 1 is 1.12 bits per heavy atom. The summed E-state index contributed by atoms with van der Waals surface area (Å²) in [6.07, 6.45) is 7.40. The third-order valence-electron chi connectivity index (χ3n) is 2.65. The molecule has 0 saturated heterocycles. The molecule has 1 aromatic rings. The summed E-state index contributed by atoms with van der Waals surface area (Å²) < 4.78 is 0. The Kier molecular flexibility index (Phi) is 6.01. The maximum Gasteiger partial charge on any atom is 0.141 e. The van der Waals surface area contributed by atoms with E-state index in [1.165, 1.54) is 19.3 Å². The molecule has 0 spiro atoms. The molecular formula is C13H23N3. The van der Waals surface area contributed by atoms with Gasteiger partial charge < -0.3 is 5.32 Å². The molecule has 0 radical (unpaired) electrons. The van der Waals surface area contributed by atoms with Gasteiger partial charge in [-0.2, -0.15) is 0 Å². The molecule has 0 aliphatic carbocycles. The number of aromatic nitrogens is 2. The van der Waals surface area contributed by atoms with E-state index in [9.17, 15) is 0 Å². The van der Waals surface area contributed by atoms with E-state index >= 15 is 0 Å². The first kappa shape index (κ1) is 13.1. The number of nitrogens with one attached hydrogen (secondary N) is 1. The van der Waals surface area contributed by atoms with Crippen molar-refractivity contribution in [3.63, 3.8) is 0 Å². The molecule has 1 unspecified atom stereocenters. The van der Waals surface area contributed by atoms with Gasteiger partial charge in [0.2, 0.25) is 0 Å². The van der Waals surface area contributed by atoms with E-state index in [1.54, 1.807) is 12.4 Å². The van der Waals surface area contributed by atoms with E-state index in [4.69, 9.17) is 0 Å². The Bertz CT molecular complexity index is 272. The second-order valence-corrected chi connectivity index (χ2v) is 4.77. The SMILES string of the molecule is CC(C)CCCC(C)NCc1ncccn1. The van der Waals surface area contributed by atoms with Crippen LogP contribution in [0.1, 0.15) is 45.9 Å². The van der Waals surface area contributed by atoms with Crippen molar-refractivity contribution in [1.82, 2.24) is 15.3 Å². The average Bonchev–Trinajstić information content (AvgIpc) is 2.27. The van der Waals surface area contributed by atoms with Crippen molar-refractivity contribution in [2.75, 3.05) is 0 Å². The molecule has 3 nitrogen and oxygen atoms in total. The van der Waals surface area contributed by atoms with Crippen molar-refractivity contribution < 1.29 is 0 Å². The molecule has 0 aliphatic heterocycles. The van der Waals surface area contributed by atoms with Gasteiger partial charge in [-0.1, -0.05) is 26.7 Å². The van der Waals surface area contributed by atoms with Crippen LogP contribution in [0.4, 0.5) is 0 Å². The third kappa shape index (κ3) is 5.81. The average molecular weight is 221 g/mol. The molecule has 1 atom stereocenters. The van der Waals surface area contributed by atoms with Crippen molar-refractivity contribution in [3.05, 3.63) is 24.3 Å². The quantitative estimate of drug-likeness (QED) is 0.769. The van der Waals surface area contributed by atoms with Crippen LogP contribution in [0.25, 0.3) is 0 Å². The second kappa shape index (κ2) is 7.34. The highest BCUT2D eigenvalue weighted by atomic mass is 15.0. The third-order valence-corrected chi connectivity index (χ3v) is 2.65. The van der Waals surface area contributed by atoms with Crippen LogP contribution in [-0.2, 0) is 6.54 Å². The van der Waals surface area contributed by atoms with Crippen LogP contribution in [0.3, 0.4) is 0 Å². The van der Waals surface area contributed by atoms with Crippen LogP contribution < -0.4 is 5.32 Å². The van der Waals surface area contributed by atoms with E-state index in [1.807, 2.05) is 6.07 Å². The van der Waals surface area contributed by atoms with E-state index < -0.39 is 0 Å². The van der Waals surface area contributed by atoms with Crippen LogP contribution in [0.2, 0.25) is 0 Å². The van der Waals surface area contributed by atoms with Crippen LogP contribution in [0.15, 0.2) is 18.5 Å². The van der Waals surface area contributed by atoms with Crippen molar-refractivity contribution in [2.45, 2.75) is 52.6 Å². The van der Waals surface area contributed by atoms with Gasteiger partial charge in [-0.25, -0.2) is 9.97 Å². The van der Waals surface area contributed by atoms with Crippen LogP contribution in [-0.4, -0.2) is 16.0 Å². The van der Waals surface area contributed by atoms with Crippen LogP contribution >= 0.6 is 0 Å². The largest absolute Gasteiger partial charge is 0.307 e. The number of nitrogens with zero attached hydrogens (tertiary/aromatic N) is 2. The second-order valence-electron chi connectivity index (χ2n) is 4.77. The molecule has 90 valence electrons. The molecule has 0 aromatic carbocycles. The first-order valence-corrected chi connectivity index (χ1v) is 6.17. The molecule has 1 rings (SSSR count). The molecule has 0 bridgehead atoms.